The first kappa shape index (κ1) is 21.6. The molecule has 0 saturated carbocycles. The number of carbonyl (C=O) groups excluding carboxylic acids is 2. The lowest BCUT2D eigenvalue weighted by molar-refractivity contribution is -0.118. The van der Waals surface area contributed by atoms with E-state index in [-0.39, 0.29) is 17.7 Å². The van der Waals surface area contributed by atoms with Gasteiger partial charge >= 0.3 is 0 Å². The number of amides is 2. The Kier molecular flexibility index (Phi) is 6.95. The lowest BCUT2D eigenvalue weighted by Gasteiger charge is -2.21. The van der Waals surface area contributed by atoms with Gasteiger partial charge < -0.3 is 5.32 Å². The molecule has 0 bridgehead atoms. The zero-order valence-electron chi connectivity index (χ0n) is 17.6. The molecule has 3 rings (SSSR count). The largest absolute Gasteiger partial charge is 0.340 e. The Hall–Kier alpha value is -3.06. The van der Waals surface area contributed by atoms with E-state index in [0.29, 0.717) is 10.7 Å². The molecule has 0 unspecified atom stereocenters. The van der Waals surface area contributed by atoms with Crippen LogP contribution in [-0.2, 0) is 11.2 Å². The van der Waals surface area contributed by atoms with Crippen LogP contribution < -0.4 is 10.6 Å². The maximum Gasteiger partial charge on any atom is 0.251 e. The summed E-state index contributed by atoms with van der Waals surface area (Å²) in [6.07, 6.45) is 0.908. The lowest BCUT2D eigenvalue weighted by Crippen LogP contribution is -2.47. The summed E-state index contributed by atoms with van der Waals surface area (Å²) in [6.45, 7) is 7.86. The van der Waals surface area contributed by atoms with E-state index in [4.69, 9.17) is 0 Å². The second kappa shape index (κ2) is 9.63. The fourth-order valence-electron chi connectivity index (χ4n) is 3.00. The van der Waals surface area contributed by atoms with Crippen LogP contribution in [0, 0.1) is 12.8 Å². The summed E-state index contributed by atoms with van der Waals surface area (Å²) in [5.41, 5.74) is 3.77. The van der Waals surface area contributed by atoms with Gasteiger partial charge in [-0.3, -0.25) is 14.9 Å². The van der Waals surface area contributed by atoms with Crippen molar-refractivity contribution < 1.29 is 9.59 Å². The Morgan fingerprint density at radius 3 is 2.43 bits per heavy atom. The van der Waals surface area contributed by atoms with Crippen LogP contribution in [0.3, 0.4) is 0 Å². The van der Waals surface area contributed by atoms with Gasteiger partial charge in [0.25, 0.3) is 5.91 Å². The van der Waals surface area contributed by atoms with E-state index in [2.05, 4.69) is 27.8 Å². The number of nitrogens with one attached hydrogen (secondary N) is 2. The monoisotopic (exact) mass is 422 g/mol. The van der Waals surface area contributed by atoms with Crippen LogP contribution >= 0.6 is 11.3 Å². The molecule has 1 atom stereocenters. The van der Waals surface area contributed by atoms with Crippen LogP contribution in [0.2, 0.25) is 0 Å². The van der Waals surface area contributed by atoms with Crippen LogP contribution in [0.25, 0.3) is 10.6 Å². The van der Waals surface area contributed by atoms with Gasteiger partial charge in [-0.25, -0.2) is 0 Å². The molecule has 2 aromatic carbocycles. The van der Waals surface area contributed by atoms with Gasteiger partial charge in [-0.2, -0.15) is 0 Å². The Balaban J connectivity index is 1.69. The Labute approximate surface area is 180 Å². The molecule has 0 spiro atoms. The smallest absolute Gasteiger partial charge is 0.251 e. The van der Waals surface area contributed by atoms with E-state index in [1.54, 1.807) is 12.1 Å². The van der Waals surface area contributed by atoms with Gasteiger partial charge in [0.1, 0.15) is 11.0 Å². The van der Waals surface area contributed by atoms with Crippen molar-refractivity contribution >= 4 is 28.3 Å². The molecule has 7 heteroatoms. The molecule has 6 nitrogen and oxygen atoms in total. The zero-order valence-corrected chi connectivity index (χ0v) is 18.4. The molecule has 30 heavy (non-hydrogen) atoms. The third-order valence-corrected chi connectivity index (χ3v) is 5.67. The molecule has 156 valence electrons. The first-order valence-corrected chi connectivity index (χ1v) is 10.8. The predicted octanol–water partition coefficient (Wildman–Crippen LogP) is 4.47. The molecular formula is C23H26N4O2S. The van der Waals surface area contributed by atoms with Crippen LogP contribution in [0.1, 0.15) is 42.3 Å². The highest BCUT2D eigenvalue weighted by molar-refractivity contribution is 7.18. The number of anilines is 1. The molecule has 1 heterocycles. The highest BCUT2D eigenvalue weighted by Crippen LogP contribution is 2.27. The molecule has 0 radical (unpaired) electrons. The molecule has 1 aromatic heterocycles. The van der Waals surface area contributed by atoms with Crippen molar-refractivity contribution in [3.8, 4) is 10.6 Å². The van der Waals surface area contributed by atoms with Gasteiger partial charge in [-0.05, 0) is 43.0 Å². The van der Waals surface area contributed by atoms with E-state index >= 15 is 0 Å². The number of nitrogens with zero attached hydrogens (tertiary/aromatic N) is 2. The van der Waals surface area contributed by atoms with Crippen molar-refractivity contribution in [3.63, 3.8) is 0 Å². The fraction of sp³-hybridized carbons (Fsp3) is 0.304. The highest BCUT2D eigenvalue weighted by Gasteiger charge is 2.25. The molecule has 0 aliphatic rings. The molecule has 2 amide bonds. The normalized spacial score (nSPS) is 11.9. The predicted molar refractivity (Wildman–Crippen MR) is 121 cm³/mol. The number of benzene rings is 2. The number of aryl methyl sites for hydroxylation is 2. The summed E-state index contributed by atoms with van der Waals surface area (Å²) in [6, 6.07) is 14.7. The SMILES string of the molecule is CCc1ccc(C(=O)N[C@H](C(=O)Nc2nnc(-c3cccc(C)c3)s2)C(C)C)cc1. The topological polar surface area (TPSA) is 84.0 Å². The third kappa shape index (κ3) is 5.30. The number of carbonyl (C=O) groups is 2. The van der Waals surface area contributed by atoms with Crippen molar-refractivity contribution in [2.45, 2.75) is 40.2 Å². The highest BCUT2D eigenvalue weighted by atomic mass is 32.1. The maximum atomic E-state index is 12.8. The number of rotatable bonds is 7. The van der Waals surface area contributed by atoms with Crippen molar-refractivity contribution in [2.75, 3.05) is 5.32 Å². The molecular weight excluding hydrogens is 396 g/mol. The van der Waals surface area contributed by atoms with Crippen LogP contribution in [0.4, 0.5) is 5.13 Å². The Morgan fingerprint density at radius 2 is 1.80 bits per heavy atom. The van der Waals surface area contributed by atoms with Gasteiger partial charge in [0.2, 0.25) is 11.0 Å². The third-order valence-electron chi connectivity index (χ3n) is 4.78. The van der Waals surface area contributed by atoms with Gasteiger partial charge in [-0.15, -0.1) is 10.2 Å². The standard InChI is InChI=1S/C23H26N4O2S/c1-5-16-9-11-17(12-10-16)20(28)24-19(14(2)3)21(29)25-23-27-26-22(30-23)18-8-6-7-15(4)13-18/h6-14,19H,5H2,1-4H3,(H,24,28)(H,25,27,29)/t19-/m0/s1. The van der Waals surface area contributed by atoms with E-state index in [9.17, 15) is 9.59 Å². The maximum absolute atomic E-state index is 12.8. The average molecular weight is 423 g/mol. The first-order valence-electron chi connectivity index (χ1n) is 9.98. The molecule has 0 saturated heterocycles. The van der Waals surface area contributed by atoms with E-state index in [0.717, 1.165) is 28.1 Å². The minimum absolute atomic E-state index is 0.0898. The summed E-state index contributed by atoms with van der Waals surface area (Å²) in [5.74, 6) is -0.673. The van der Waals surface area contributed by atoms with E-state index in [1.807, 2.05) is 57.2 Å². The van der Waals surface area contributed by atoms with Gasteiger partial charge in [0, 0.05) is 11.1 Å². The van der Waals surface area contributed by atoms with Crippen molar-refractivity contribution in [3.05, 3.63) is 65.2 Å². The number of hydrogen-bond donors (Lipinski definition) is 2. The molecule has 2 N–H and O–H groups in total. The lowest BCUT2D eigenvalue weighted by atomic mass is 10.0. The van der Waals surface area contributed by atoms with Crippen molar-refractivity contribution in [1.82, 2.24) is 15.5 Å². The van der Waals surface area contributed by atoms with Gasteiger partial charge in [0.05, 0.1) is 0 Å². The summed E-state index contributed by atoms with van der Waals surface area (Å²) in [7, 11) is 0. The van der Waals surface area contributed by atoms with Gasteiger partial charge in [0.15, 0.2) is 0 Å². The van der Waals surface area contributed by atoms with Crippen LogP contribution in [-0.4, -0.2) is 28.1 Å². The Bertz CT molecular complexity index is 1030. The minimum atomic E-state index is -0.685. The van der Waals surface area contributed by atoms with Gasteiger partial charge in [-0.1, -0.05) is 68.0 Å². The average Bonchev–Trinajstić information content (AvgIpc) is 3.20. The first-order chi connectivity index (χ1) is 14.4. The zero-order chi connectivity index (χ0) is 21.7. The van der Waals surface area contributed by atoms with Crippen molar-refractivity contribution in [1.29, 1.82) is 0 Å². The quantitative estimate of drug-likeness (QED) is 0.588. The summed E-state index contributed by atoms with van der Waals surface area (Å²) in [5, 5.41) is 15.0. The van der Waals surface area contributed by atoms with Crippen LogP contribution in [0.15, 0.2) is 48.5 Å². The summed E-state index contributed by atoms with van der Waals surface area (Å²) >= 11 is 1.30. The fourth-order valence-corrected chi connectivity index (χ4v) is 3.75. The number of aromatic nitrogens is 2. The second-order valence-electron chi connectivity index (χ2n) is 7.52. The molecule has 0 fully saturated rings. The number of hydrogen-bond acceptors (Lipinski definition) is 5. The summed E-state index contributed by atoms with van der Waals surface area (Å²) < 4.78 is 0. The van der Waals surface area contributed by atoms with E-state index < -0.39 is 6.04 Å². The minimum Gasteiger partial charge on any atom is -0.340 e. The van der Waals surface area contributed by atoms with E-state index in [1.165, 1.54) is 11.3 Å². The Morgan fingerprint density at radius 1 is 1.07 bits per heavy atom. The molecule has 0 aliphatic heterocycles. The molecule has 3 aromatic rings. The second-order valence-corrected chi connectivity index (χ2v) is 8.49. The summed E-state index contributed by atoms with van der Waals surface area (Å²) in [4.78, 5) is 25.5. The molecule has 0 aliphatic carbocycles. The van der Waals surface area contributed by atoms with Crippen LogP contribution in [0.5, 0.6) is 0 Å². The van der Waals surface area contributed by atoms with Crippen molar-refractivity contribution in [2.24, 2.45) is 5.92 Å².